The van der Waals surface area contributed by atoms with Crippen LogP contribution >= 0.6 is 0 Å². The van der Waals surface area contributed by atoms with Gasteiger partial charge in [0.2, 0.25) is 0 Å². The number of aliphatic hydroxyl groups excluding tert-OH is 1. The highest BCUT2D eigenvalue weighted by atomic mass is 19.4. The first-order chi connectivity index (χ1) is 13.1. The molecule has 0 bridgehead atoms. The maximum absolute atomic E-state index is 13.0. The summed E-state index contributed by atoms with van der Waals surface area (Å²) in [6, 6.07) is -1.48. The molecule has 3 N–H and O–H groups in total. The van der Waals surface area contributed by atoms with Crippen LogP contribution in [0.25, 0.3) is 0 Å². The van der Waals surface area contributed by atoms with E-state index in [1.807, 2.05) is 0 Å². The molecule has 0 aliphatic heterocycles. The van der Waals surface area contributed by atoms with E-state index < -0.39 is 65.3 Å². The second kappa shape index (κ2) is 7.50. The molecule has 0 fully saturated rings. The Labute approximate surface area is 158 Å². The number of halogens is 12. The highest BCUT2D eigenvalue weighted by molar-refractivity contribution is 5.46. The Bertz CT molecular complexity index is 752. The summed E-state index contributed by atoms with van der Waals surface area (Å²) < 4.78 is 156. The van der Waals surface area contributed by atoms with Crippen LogP contribution < -0.4 is 0 Å². The second-order valence-corrected chi connectivity index (χ2v) is 5.67. The zero-order chi connectivity index (χ0) is 24.0. The molecule has 0 unspecified atom stereocenters. The average molecular weight is 464 g/mol. The van der Waals surface area contributed by atoms with Gasteiger partial charge >= 0.3 is 24.7 Å². The smallest absolute Gasteiger partial charge is 0.384 e. The lowest BCUT2D eigenvalue weighted by atomic mass is 9.84. The quantitative estimate of drug-likeness (QED) is 0.463. The van der Waals surface area contributed by atoms with Crippen LogP contribution in [0.3, 0.4) is 0 Å². The minimum absolute atomic E-state index is 0.277. The van der Waals surface area contributed by atoms with Gasteiger partial charge in [0.25, 0.3) is 11.2 Å². The minimum Gasteiger partial charge on any atom is -0.384 e. The molecule has 1 aromatic rings. The number of hydrogen-bond acceptors (Lipinski definition) is 3. The van der Waals surface area contributed by atoms with Crippen molar-refractivity contribution in [3.63, 3.8) is 0 Å². The first-order valence-corrected chi connectivity index (χ1v) is 7.12. The van der Waals surface area contributed by atoms with E-state index in [0.717, 1.165) is 0 Å². The lowest BCUT2D eigenvalue weighted by Gasteiger charge is -2.36. The molecule has 0 atom stereocenters. The van der Waals surface area contributed by atoms with Crippen LogP contribution in [0, 0.1) is 11.8 Å². The van der Waals surface area contributed by atoms with Gasteiger partial charge in [-0.1, -0.05) is 11.8 Å². The maximum atomic E-state index is 13.0. The molecule has 0 amide bonds. The Morgan fingerprint density at radius 3 is 1.13 bits per heavy atom. The summed E-state index contributed by atoms with van der Waals surface area (Å²) in [7, 11) is 0. The fraction of sp³-hybridized carbons (Fsp3) is 0.467. The molecule has 0 aliphatic rings. The fourth-order valence-corrected chi connectivity index (χ4v) is 2.24. The van der Waals surface area contributed by atoms with Gasteiger partial charge in [-0.2, -0.15) is 52.7 Å². The van der Waals surface area contributed by atoms with Gasteiger partial charge in [0.15, 0.2) is 0 Å². The van der Waals surface area contributed by atoms with Crippen molar-refractivity contribution < 1.29 is 68.0 Å². The summed E-state index contributed by atoms with van der Waals surface area (Å²) in [5, 5.41) is 27.1. The summed E-state index contributed by atoms with van der Waals surface area (Å²) in [5.41, 5.74) is -18.2. The van der Waals surface area contributed by atoms with Crippen LogP contribution in [0.4, 0.5) is 52.7 Å². The van der Waals surface area contributed by atoms with Gasteiger partial charge in [0, 0.05) is 16.7 Å². The third kappa shape index (κ3) is 4.16. The van der Waals surface area contributed by atoms with E-state index in [-0.39, 0.29) is 12.1 Å². The summed E-state index contributed by atoms with van der Waals surface area (Å²) >= 11 is 0. The van der Waals surface area contributed by atoms with Gasteiger partial charge in [-0.25, -0.2) is 0 Å². The van der Waals surface area contributed by atoms with Crippen molar-refractivity contribution in [2.45, 2.75) is 35.9 Å². The fourth-order valence-electron chi connectivity index (χ4n) is 2.24. The zero-order valence-corrected chi connectivity index (χ0v) is 13.8. The van der Waals surface area contributed by atoms with E-state index in [1.54, 1.807) is 5.92 Å². The van der Waals surface area contributed by atoms with E-state index >= 15 is 0 Å². The van der Waals surface area contributed by atoms with Crippen molar-refractivity contribution in [1.82, 2.24) is 0 Å². The number of benzene rings is 1. The number of alkyl halides is 12. The Kier molecular flexibility index (Phi) is 6.47. The van der Waals surface area contributed by atoms with Crippen molar-refractivity contribution in [3.05, 3.63) is 34.9 Å². The summed E-state index contributed by atoms with van der Waals surface area (Å²) in [5.74, 6) is 3.13. The largest absolute Gasteiger partial charge is 0.430 e. The first-order valence-electron chi connectivity index (χ1n) is 7.12. The molecule has 0 aromatic heterocycles. The molecule has 0 heterocycles. The molecule has 1 rings (SSSR count). The third-order valence-corrected chi connectivity index (χ3v) is 3.72. The van der Waals surface area contributed by atoms with E-state index in [9.17, 15) is 62.9 Å². The van der Waals surface area contributed by atoms with Crippen molar-refractivity contribution in [1.29, 1.82) is 0 Å². The van der Waals surface area contributed by atoms with Crippen LogP contribution in [0.2, 0.25) is 0 Å². The average Bonchev–Trinajstić information content (AvgIpc) is 2.53. The lowest BCUT2D eigenvalue weighted by molar-refractivity contribution is -0.378. The topological polar surface area (TPSA) is 60.7 Å². The number of aliphatic hydroxyl groups is 3. The first kappa shape index (κ1) is 25.9. The Hall–Kier alpha value is -2.18. The van der Waals surface area contributed by atoms with Gasteiger partial charge in [0.1, 0.15) is 6.61 Å². The Morgan fingerprint density at radius 1 is 0.600 bits per heavy atom. The second-order valence-electron chi connectivity index (χ2n) is 5.67. The van der Waals surface area contributed by atoms with E-state index in [2.05, 4.69) is 0 Å². The summed E-state index contributed by atoms with van der Waals surface area (Å²) in [6.07, 6.45) is -26.6. The van der Waals surface area contributed by atoms with E-state index in [1.165, 1.54) is 5.92 Å². The molecule has 170 valence electrons. The molecule has 30 heavy (non-hydrogen) atoms. The molecule has 0 radical (unpaired) electrons. The van der Waals surface area contributed by atoms with Crippen LogP contribution in [0.1, 0.15) is 16.7 Å². The highest BCUT2D eigenvalue weighted by Crippen LogP contribution is 2.54. The Balaban J connectivity index is 4.12. The molecular weight excluding hydrogens is 456 g/mol. The Morgan fingerprint density at radius 2 is 0.900 bits per heavy atom. The summed E-state index contributed by atoms with van der Waals surface area (Å²) in [6.45, 7) is -1.13. The SMILES string of the molecule is OCC#Cc1cc(C(O)(C(F)(F)F)C(F)(F)F)cc(C(O)(C(F)(F)F)C(F)(F)F)c1. The van der Waals surface area contributed by atoms with Gasteiger partial charge in [-0.15, -0.1) is 0 Å². The minimum atomic E-state index is -6.65. The van der Waals surface area contributed by atoms with Gasteiger partial charge in [-0.05, 0) is 18.2 Å². The zero-order valence-electron chi connectivity index (χ0n) is 13.8. The molecule has 0 aliphatic carbocycles. The molecule has 3 nitrogen and oxygen atoms in total. The highest BCUT2D eigenvalue weighted by Gasteiger charge is 2.74. The van der Waals surface area contributed by atoms with E-state index in [0.29, 0.717) is 0 Å². The van der Waals surface area contributed by atoms with Gasteiger partial charge < -0.3 is 15.3 Å². The lowest BCUT2D eigenvalue weighted by Crippen LogP contribution is -2.55. The molecule has 1 aromatic carbocycles. The van der Waals surface area contributed by atoms with Gasteiger partial charge in [-0.3, -0.25) is 0 Å². The van der Waals surface area contributed by atoms with Crippen LogP contribution in [0.15, 0.2) is 18.2 Å². The summed E-state index contributed by atoms with van der Waals surface area (Å²) in [4.78, 5) is 0. The van der Waals surface area contributed by atoms with Crippen molar-refractivity contribution >= 4 is 0 Å². The number of hydrogen-bond donors (Lipinski definition) is 3. The molecule has 15 heteroatoms. The standard InChI is InChI=1S/C15H8F12O3/c16-12(17,18)10(29,13(19,20)21)8-4-7(2-1-3-28)5-9(6-8)11(30,14(22,23)24)15(25,26)27/h4-6,28-30H,3H2. The number of rotatable bonds is 2. The third-order valence-electron chi connectivity index (χ3n) is 3.72. The van der Waals surface area contributed by atoms with Crippen LogP contribution in [-0.2, 0) is 11.2 Å². The maximum Gasteiger partial charge on any atom is 0.430 e. The van der Waals surface area contributed by atoms with Crippen LogP contribution in [-0.4, -0.2) is 46.6 Å². The molecule has 0 saturated carbocycles. The normalized spacial score (nSPS) is 14.4. The molecule has 0 spiro atoms. The predicted molar refractivity (Wildman–Crippen MR) is 72.4 cm³/mol. The van der Waals surface area contributed by atoms with Crippen LogP contribution in [0.5, 0.6) is 0 Å². The molecular formula is C15H8F12O3. The van der Waals surface area contributed by atoms with Gasteiger partial charge in [0.05, 0.1) is 0 Å². The van der Waals surface area contributed by atoms with Crippen molar-refractivity contribution in [2.24, 2.45) is 0 Å². The van der Waals surface area contributed by atoms with Crippen molar-refractivity contribution in [3.8, 4) is 11.8 Å². The predicted octanol–water partition coefficient (Wildman–Crippen LogP) is 3.65. The molecule has 0 saturated heterocycles. The van der Waals surface area contributed by atoms with E-state index in [4.69, 9.17) is 5.11 Å². The van der Waals surface area contributed by atoms with Crippen molar-refractivity contribution in [2.75, 3.05) is 6.61 Å². The monoisotopic (exact) mass is 464 g/mol.